The molecule has 1 saturated carbocycles. The Morgan fingerprint density at radius 1 is 0.909 bits per heavy atom. The van der Waals surface area contributed by atoms with E-state index >= 15 is 0 Å². The number of nitrogens with one attached hydrogen (secondary N) is 1. The van der Waals surface area contributed by atoms with Crippen LogP contribution in [0.15, 0.2) is 66.7 Å². The van der Waals surface area contributed by atoms with Crippen LogP contribution in [0.5, 0.6) is 5.75 Å². The summed E-state index contributed by atoms with van der Waals surface area (Å²) in [5, 5.41) is 14.8. The number of piperidine rings is 1. The van der Waals surface area contributed by atoms with E-state index < -0.39 is 0 Å². The first-order valence-electron chi connectivity index (χ1n) is 12.5. The first-order chi connectivity index (χ1) is 16.0. The third kappa shape index (κ3) is 3.05. The molecule has 3 aromatic rings. The summed E-state index contributed by atoms with van der Waals surface area (Å²) < 4.78 is 0. The molecule has 3 aromatic carbocycles. The van der Waals surface area contributed by atoms with Crippen molar-refractivity contribution in [2.45, 2.75) is 56.9 Å². The molecule has 0 spiro atoms. The van der Waals surface area contributed by atoms with Crippen LogP contribution in [-0.2, 0) is 11.8 Å². The maximum Gasteiger partial charge on any atom is 0.139 e. The lowest BCUT2D eigenvalue weighted by Gasteiger charge is -2.65. The molecule has 3 heteroatoms. The van der Waals surface area contributed by atoms with E-state index in [-0.39, 0.29) is 5.41 Å². The van der Waals surface area contributed by atoms with E-state index in [0.717, 1.165) is 29.9 Å². The number of anilines is 2. The molecular formula is C30H34N2O. The first-order valence-corrected chi connectivity index (χ1v) is 12.5. The quantitative estimate of drug-likeness (QED) is 0.438. The van der Waals surface area contributed by atoms with Crippen molar-refractivity contribution in [3.8, 4) is 16.9 Å². The van der Waals surface area contributed by atoms with Crippen molar-refractivity contribution in [2.75, 3.05) is 18.9 Å². The number of aromatic hydroxyl groups is 1. The number of benzene rings is 3. The molecule has 3 atom stereocenters. The van der Waals surface area contributed by atoms with Gasteiger partial charge in [-0.2, -0.15) is 0 Å². The number of likely N-dealkylation sites (tertiary alicyclic amines) is 1. The molecule has 2 aliphatic carbocycles. The number of nitrogens with zero attached hydrogens (tertiary/aromatic N) is 1. The summed E-state index contributed by atoms with van der Waals surface area (Å²) in [7, 11) is 2.31. The lowest BCUT2D eigenvalue weighted by atomic mass is 9.45. The van der Waals surface area contributed by atoms with Gasteiger partial charge in [-0.3, -0.25) is 0 Å². The highest BCUT2D eigenvalue weighted by atomic mass is 16.3. The van der Waals surface area contributed by atoms with E-state index in [9.17, 15) is 5.11 Å². The number of phenolic OH excluding ortho intramolecular Hbond substituents is 1. The topological polar surface area (TPSA) is 35.5 Å². The van der Waals surface area contributed by atoms with Gasteiger partial charge in [0.1, 0.15) is 5.75 Å². The molecular weight excluding hydrogens is 404 g/mol. The van der Waals surface area contributed by atoms with Crippen molar-refractivity contribution >= 4 is 11.4 Å². The van der Waals surface area contributed by atoms with Crippen molar-refractivity contribution in [1.29, 1.82) is 0 Å². The minimum atomic E-state index is 0.202. The second-order valence-electron chi connectivity index (χ2n) is 10.7. The molecule has 0 unspecified atom stereocenters. The van der Waals surface area contributed by atoms with Crippen molar-refractivity contribution in [2.24, 2.45) is 5.41 Å². The second-order valence-corrected chi connectivity index (χ2v) is 10.7. The lowest BCUT2D eigenvalue weighted by molar-refractivity contribution is -0.0735. The van der Waals surface area contributed by atoms with Crippen molar-refractivity contribution in [3.05, 3.63) is 77.9 Å². The van der Waals surface area contributed by atoms with Crippen molar-refractivity contribution in [1.82, 2.24) is 4.90 Å². The Kier molecular flexibility index (Phi) is 4.81. The number of fused-ring (bicyclic) bond motifs is 1. The van der Waals surface area contributed by atoms with Crippen LogP contribution in [0.25, 0.3) is 11.1 Å². The predicted molar refractivity (Wildman–Crippen MR) is 136 cm³/mol. The van der Waals surface area contributed by atoms with Gasteiger partial charge in [-0.05, 0) is 79.6 Å². The van der Waals surface area contributed by atoms with E-state index in [0.29, 0.717) is 17.2 Å². The van der Waals surface area contributed by atoms with Gasteiger partial charge in [0.15, 0.2) is 0 Å². The zero-order valence-corrected chi connectivity index (χ0v) is 19.8. The molecule has 3 aliphatic rings. The molecule has 0 amide bonds. The van der Waals surface area contributed by atoms with E-state index in [4.69, 9.17) is 0 Å². The number of likely N-dealkylation sites (N-methyl/N-ethyl adjacent to an activating group) is 1. The Morgan fingerprint density at radius 2 is 1.67 bits per heavy atom. The van der Waals surface area contributed by atoms with Crippen LogP contribution >= 0.6 is 0 Å². The number of phenols is 1. The van der Waals surface area contributed by atoms with Crippen molar-refractivity contribution in [3.63, 3.8) is 0 Å². The third-order valence-electron chi connectivity index (χ3n) is 9.23. The van der Waals surface area contributed by atoms with Crippen LogP contribution in [0.1, 0.15) is 50.2 Å². The Bertz CT molecular complexity index is 1190. The highest BCUT2D eigenvalue weighted by Gasteiger charge is 2.60. The monoisotopic (exact) mass is 438 g/mol. The number of rotatable bonds is 3. The number of hydrogen-bond acceptors (Lipinski definition) is 3. The van der Waals surface area contributed by atoms with E-state index in [1.807, 2.05) is 6.07 Å². The minimum Gasteiger partial charge on any atom is -0.506 e. The summed E-state index contributed by atoms with van der Waals surface area (Å²) in [6.45, 7) is 3.69. The van der Waals surface area contributed by atoms with Crippen LogP contribution < -0.4 is 5.32 Å². The molecule has 2 fully saturated rings. The average molecular weight is 439 g/mol. The number of para-hydroxylation sites is 1. The van der Waals surface area contributed by atoms with Gasteiger partial charge in [0.25, 0.3) is 0 Å². The maximum absolute atomic E-state index is 11.2. The molecule has 2 bridgehead atoms. The van der Waals surface area contributed by atoms with Crippen molar-refractivity contribution < 1.29 is 5.11 Å². The van der Waals surface area contributed by atoms with Crippen LogP contribution in [0.3, 0.4) is 0 Å². The molecule has 170 valence electrons. The zero-order chi connectivity index (χ0) is 22.6. The fraction of sp³-hybridized carbons (Fsp3) is 0.400. The van der Waals surface area contributed by atoms with Gasteiger partial charge in [-0.1, -0.05) is 68.3 Å². The Hall–Kier alpha value is -2.78. The molecule has 0 aromatic heterocycles. The molecule has 0 radical (unpaired) electrons. The summed E-state index contributed by atoms with van der Waals surface area (Å²) >= 11 is 0. The van der Waals surface area contributed by atoms with Gasteiger partial charge < -0.3 is 15.3 Å². The summed E-state index contributed by atoms with van der Waals surface area (Å²) in [4.78, 5) is 2.61. The van der Waals surface area contributed by atoms with Gasteiger partial charge in [-0.15, -0.1) is 0 Å². The SMILES string of the molecule is CN1CC[C@@]23CCCC[C@]2(C)[C@@H]1Cc1cc(Nc2ccccc2-c2ccccc2)c(O)cc13. The largest absolute Gasteiger partial charge is 0.506 e. The zero-order valence-electron chi connectivity index (χ0n) is 19.8. The van der Waals surface area contributed by atoms with E-state index in [1.54, 1.807) is 0 Å². The first kappa shape index (κ1) is 20.8. The smallest absolute Gasteiger partial charge is 0.139 e. The van der Waals surface area contributed by atoms with E-state index in [1.165, 1.54) is 48.8 Å². The molecule has 1 heterocycles. The van der Waals surface area contributed by atoms with Gasteiger partial charge in [0.2, 0.25) is 0 Å². The van der Waals surface area contributed by atoms with Crippen LogP contribution in [0, 0.1) is 5.41 Å². The van der Waals surface area contributed by atoms with Gasteiger partial charge >= 0.3 is 0 Å². The fourth-order valence-corrected chi connectivity index (χ4v) is 7.47. The second kappa shape index (κ2) is 7.63. The lowest BCUT2D eigenvalue weighted by Crippen LogP contribution is -2.66. The Balaban J connectivity index is 1.43. The molecule has 2 N–H and O–H groups in total. The van der Waals surface area contributed by atoms with Crippen LogP contribution in [0.4, 0.5) is 11.4 Å². The molecule has 1 saturated heterocycles. The Labute approximate surface area is 197 Å². The van der Waals surface area contributed by atoms with Gasteiger partial charge in [-0.25, -0.2) is 0 Å². The normalized spacial score (nSPS) is 28.6. The number of hydrogen-bond donors (Lipinski definition) is 2. The fourth-order valence-electron chi connectivity index (χ4n) is 7.47. The Morgan fingerprint density at radius 3 is 2.52 bits per heavy atom. The maximum atomic E-state index is 11.2. The summed E-state index contributed by atoms with van der Waals surface area (Å²) in [6, 6.07) is 23.7. The predicted octanol–water partition coefficient (Wildman–Crippen LogP) is 6.88. The van der Waals surface area contributed by atoms with Gasteiger partial charge in [0, 0.05) is 22.7 Å². The van der Waals surface area contributed by atoms with Crippen LogP contribution in [0.2, 0.25) is 0 Å². The summed E-state index contributed by atoms with van der Waals surface area (Å²) in [6.07, 6.45) is 7.46. The van der Waals surface area contributed by atoms with Gasteiger partial charge in [0.05, 0.1) is 5.69 Å². The minimum absolute atomic E-state index is 0.202. The third-order valence-corrected chi connectivity index (χ3v) is 9.23. The molecule has 3 nitrogen and oxygen atoms in total. The van der Waals surface area contributed by atoms with E-state index in [2.05, 4.69) is 84.9 Å². The average Bonchev–Trinajstić information content (AvgIpc) is 2.83. The van der Waals surface area contributed by atoms with Crippen LogP contribution in [-0.4, -0.2) is 29.6 Å². The standard InChI is InChI=1S/C30H34N2O/c1-29-14-8-9-15-30(29)16-17-32(2)28(29)19-22-18-26(27(33)20-24(22)30)31-25-13-7-6-12-23(25)21-10-4-3-5-11-21/h3-7,10-13,18,20,28,31,33H,8-9,14-17,19H2,1-2H3/t28-,29+,30+/m0/s1. The molecule has 6 rings (SSSR count). The highest BCUT2D eigenvalue weighted by molar-refractivity contribution is 5.82. The summed E-state index contributed by atoms with van der Waals surface area (Å²) in [5.41, 5.74) is 7.50. The molecule has 33 heavy (non-hydrogen) atoms. The highest BCUT2D eigenvalue weighted by Crippen LogP contribution is 2.63. The summed E-state index contributed by atoms with van der Waals surface area (Å²) in [5.74, 6) is 0.372. The molecule has 1 aliphatic heterocycles.